The molecule has 0 amide bonds. The Labute approximate surface area is 102 Å². The highest BCUT2D eigenvalue weighted by molar-refractivity contribution is 4.95. The fraction of sp³-hybridized carbons (Fsp3) is 1.00. The Morgan fingerprint density at radius 2 is 2.00 bits per heavy atom. The maximum absolute atomic E-state index is 12.5. The monoisotopic (exact) mass is 252 g/mol. The molecule has 5 heteroatoms. The molecular weight excluding hydrogens is 229 g/mol. The zero-order valence-electron chi connectivity index (χ0n) is 10.9. The lowest BCUT2D eigenvalue weighted by atomic mass is 9.93. The summed E-state index contributed by atoms with van der Waals surface area (Å²) in [5.41, 5.74) is -0.116. The van der Waals surface area contributed by atoms with Gasteiger partial charge in [-0.15, -0.1) is 0 Å². The molecule has 17 heavy (non-hydrogen) atoms. The highest BCUT2D eigenvalue weighted by atomic mass is 19.4. The summed E-state index contributed by atoms with van der Waals surface area (Å²) in [6.45, 7) is 6.29. The third-order valence-corrected chi connectivity index (χ3v) is 3.63. The molecule has 0 aromatic carbocycles. The van der Waals surface area contributed by atoms with Crippen LogP contribution in [0.5, 0.6) is 0 Å². The molecule has 1 aliphatic rings. The van der Waals surface area contributed by atoms with Gasteiger partial charge in [0.2, 0.25) is 0 Å². The smallest absolute Gasteiger partial charge is 0.310 e. The van der Waals surface area contributed by atoms with Crippen LogP contribution in [0.15, 0.2) is 0 Å². The molecule has 1 aliphatic heterocycles. The Morgan fingerprint density at radius 3 is 2.35 bits per heavy atom. The van der Waals surface area contributed by atoms with Crippen molar-refractivity contribution in [2.24, 2.45) is 0 Å². The Balaban J connectivity index is 2.65. The minimum atomic E-state index is -4.11. The summed E-state index contributed by atoms with van der Waals surface area (Å²) in [6.07, 6.45) is -1.19. The lowest BCUT2D eigenvalue weighted by Crippen LogP contribution is -2.53. The molecule has 0 spiro atoms. The van der Waals surface area contributed by atoms with E-state index in [9.17, 15) is 13.2 Å². The molecule has 0 saturated carbocycles. The molecule has 2 nitrogen and oxygen atoms in total. The van der Waals surface area contributed by atoms with Gasteiger partial charge in [-0.2, -0.15) is 13.2 Å². The fourth-order valence-electron chi connectivity index (χ4n) is 2.46. The van der Waals surface area contributed by atoms with E-state index in [-0.39, 0.29) is 11.6 Å². The van der Waals surface area contributed by atoms with Crippen LogP contribution in [0.3, 0.4) is 0 Å². The van der Waals surface area contributed by atoms with Gasteiger partial charge in [0, 0.05) is 18.1 Å². The molecule has 0 aliphatic carbocycles. The second kappa shape index (κ2) is 5.57. The van der Waals surface area contributed by atoms with E-state index in [1.807, 2.05) is 20.8 Å². The van der Waals surface area contributed by atoms with Gasteiger partial charge in [0.1, 0.15) is 0 Å². The summed E-state index contributed by atoms with van der Waals surface area (Å²) in [7, 11) is 0. The van der Waals surface area contributed by atoms with Crippen molar-refractivity contribution in [2.45, 2.75) is 57.8 Å². The second-order valence-electron chi connectivity index (χ2n) is 5.28. The van der Waals surface area contributed by atoms with E-state index < -0.39 is 12.7 Å². The lowest BCUT2D eigenvalue weighted by molar-refractivity contribution is -0.151. The molecule has 1 unspecified atom stereocenters. The van der Waals surface area contributed by atoms with Crippen LogP contribution in [-0.4, -0.2) is 42.3 Å². The Kier molecular flexibility index (Phi) is 4.84. The van der Waals surface area contributed by atoms with Crippen LogP contribution < -0.4 is 5.32 Å². The van der Waals surface area contributed by atoms with Crippen molar-refractivity contribution in [3.05, 3.63) is 0 Å². The Bertz CT molecular complexity index is 232. The second-order valence-corrected chi connectivity index (χ2v) is 5.28. The molecular formula is C12H23F3N2. The van der Waals surface area contributed by atoms with Gasteiger partial charge in [-0.05, 0) is 39.7 Å². The first-order valence-corrected chi connectivity index (χ1v) is 6.34. The van der Waals surface area contributed by atoms with Gasteiger partial charge in [0.25, 0.3) is 0 Å². The summed E-state index contributed by atoms with van der Waals surface area (Å²) in [4.78, 5) is 1.53. The van der Waals surface area contributed by atoms with Gasteiger partial charge < -0.3 is 5.32 Å². The van der Waals surface area contributed by atoms with Crippen molar-refractivity contribution in [1.82, 2.24) is 10.2 Å². The summed E-state index contributed by atoms with van der Waals surface area (Å²) in [5, 5.41) is 3.38. The van der Waals surface area contributed by atoms with E-state index in [4.69, 9.17) is 0 Å². The summed E-state index contributed by atoms with van der Waals surface area (Å²) in [6, 6.07) is -0.0811. The van der Waals surface area contributed by atoms with Crippen molar-refractivity contribution < 1.29 is 13.2 Å². The highest BCUT2D eigenvalue weighted by Gasteiger charge is 2.38. The molecule has 102 valence electrons. The number of hydrogen-bond acceptors (Lipinski definition) is 2. The van der Waals surface area contributed by atoms with Gasteiger partial charge in [0.05, 0.1) is 6.54 Å². The van der Waals surface area contributed by atoms with Gasteiger partial charge in [-0.1, -0.05) is 6.92 Å². The molecule has 1 N–H and O–H groups in total. The SMILES string of the molecule is CCC1(CN(CC(F)(F)F)C(C)C)CCCN1. The van der Waals surface area contributed by atoms with Crippen molar-refractivity contribution in [2.75, 3.05) is 19.6 Å². The third kappa shape index (κ3) is 4.47. The van der Waals surface area contributed by atoms with Crippen LogP contribution >= 0.6 is 0 Å². The number of rotatable bonds is 5. The first-order chi connectivity index (χ1) is 7.78. The lowest BCUT2D eigenvalue weighted by Gasteiger charge is -2.37. The molecule has 1 fully saturated rings. The standard InChI is InChI=1S/C12H23F3N2/c1-4-11(6-5-7-16-11)8-17(10(2)3)9-12(13,14)15/h10,16H,4-9H2,1-3H3. The number of hydrogen-bond donors (Lipinski definition) is 1. The Morgan fingerprint density at radius 1 is 1.35 bits per heavy atom. The van der Waals surface area contributed by atoms with Crippen molar-refractivity contribution in [3.8, 4) is 0 Å². The van der Waals surface area contributed by atoms with Crippen LogP contribution in [0.2, 0.25) is 0 Å². The van der Waals surface area contributed by atoms with Crippen LogP contribution in [0.1, 0.15) is 40.0 Å². The number of nitrogens with one attached hydrogen (secondary N) is 1. The molecule has 0 bridgehead atoms. The minimum absolute atomic E-state index is 0.0811. The molecule has 0 radical (unpaired) electrons. The largest absolute Gasteiger partial charge is 0.401 e. The van der Waals surface area contributed by atoms with E-state index >= 15 is 0 Å². The van der Waals surface area contributed by atoms with E-state index in [1.54, 1.807) is 0 Å². The third-order valence-electron chi connectivity index (χ3n) is 3.63. The highest BCUT2D eigenvalue weighted by Crippen LogP contribution is 2.27. The van der Waals surface area contributed by atoms with Crippen LogP contribution in [0.4, 0.5) is 13.2 Å². The quantitative estimate of drug-likeness (QED) is 0.809. The first kappa shape index (κ1) is 14.8. The molecule has 0 aromatic rings. The number of halogens is 3. The predicted molar refractivity (Wildman–Crippen MR) is 63.0 cm³/mol. The summed E-state index contributed by atoms with van der Waals surface area (Å²) >= 11 is 0. The number of alkyl halides is 3. The van der Waals surface area contributed by atoms with Gasteiger partial charge in [-0.3, -0.25) is 4.90 Å². The summed E-state index contributed by atoms with van der Waals surface area (Å²) in [5.74, 6) is 0. The molecule has 0 aromatic heterocycles. The topological polar surface area (TPSA) is 15.3 Å². The van der Waals surface area contributed by atoms with Gasteiger partial charge in [0.15, 0.2) is 0 Å². The predicted octanol–water partition coefficient (Wildman–Crippen LogP) is 2.79. The fourth-order valence-corrected chi connectivity index (χ4v) is 2.46. The Hall–Kier alpha value is -0.290. The zero-order chi connectivity index (χ0) is 13.1. The van der Waals surface area contributed by atoms with Crippen LogP contribution in [0.25, 0.3) is 0 Å². The average Bonchev–Trinajstić information content (AvgIpc) is 2.64. The maximum Gasteiger partial charge on any atom is 0.401 e. The first-order valence-electron chi connectivity index (χ1n) is 6.34. The minimum Gasteiger partial charge on any atom is -0.310 e. The zero-order valence-corrected chi connectivity index (χ0v) is 10.9. The molecule has 1 atom stereocenters. The number of nitrogens with zero attached hydrogens (tertiary/aromatic N) is 1. The van der Waals surface area contributed by atoms with Crippen molar-refractivity contribution >= 4 is 0 Å². The van der Waals surface area contributed by atoms with Crippen LogP contribution in [0, 0.1) is 0 Å². The molecule has 1 rings (SSSR count). The van der Waals surface area contributed by atoms with Gasteiger partial charge in [-0.25, -0.2) is 0 Å². The van der Waals surface area contributed by atoms with Gasteiger partial charge >= 0.3 is 6.18 Å². The molecule has 1 heterocycles. The van der Waals surface area contributed by atoms with E-state index in [0.29, 0.717) is 6.54 Å². The van der Waals surface area contributed by atoms with Crippen molar-refractivity contribution in [1.29, 1.82) is 0 Å². The molecule has 1 saturated heterocycles. The average molecular weight is 252 g/mol. The summed E-state index contributed by atoms with van der Waals surface area (Å²) < 4.78 is 37.5. The van der Waals surface area contributed by atoms with Crippen molar-refractivity contribution in [3.63, 3.8) is 0 Å². The van der Waals surface area contributed by atoms with Crippen LogP contribution in [-0.2, 0) is 0 Å². The van der Waals surface area contributed by atoms with E-state index in [0.717, 1.165) is 25.8 Å². The van der Waals surface area contributed by atoms with E-state index in [1.165, 1.54) is 4.90 Å². The van der Waals surface area contributed by atoms with E-state index in [2.05, 4.69) is 5.32 Å². The maximum atomic E-state index is 12.5. The normalized spacial score (nSPS) is 26.1.